The van der Waals surface area contributed by atoms with Crippen molar-refractivity contribution in [1.29, 1.82) is 0 Å². The van der Waals surface area contributed by atoms with Crippen molar-refractivity contribution in [1.82, 2.24) is 0 Å². The summed E-state index contributed by atoms with van der Waals surface area (Å²) in [5.41, 5.74) is 0.771. The highest BCUT2D eigenvalue weighted by molar-refractivity contribution is 7.14. The largest absolute Gasteiger partial charge is 0.465 e. The predicted octanol–water partition coefficient (Wildman–Crippen LogP) is 6.89. The van der Waals surface area contributed by atoms with Crippen molar-refractivity contribution in [2.45, 2.75) is 109 Å². The fourth-order valence-corrected chi connectivity index (χ4v) is 7.49. The van der Waals surface area contributed by atoms with E-state index >= 15 is 0 Å². The van der Waals surface area contributed by atoms with E-state index in [1.165, 1.54) is 24.9 Å². The number of amides is 1. The molecule has 0 atom stereocenters. The standard InChI is InChI=1S/C28H41NO4S/c1-4-19-7-13-22(14-8-19)29(27(31)21-9-5-18(2)6-10-21)24-17-25(34-26(24)28(32)33-3)20-11-15-23(30)16-12-20/h17-22H,4-16H2,1-3H3. The number of anilines is 1. The first kappa shape index (κ1) is 25.4. The minimum Gasteiger partial charge on any atom is -0.465 e. The highest BCUT2D eigenvalue weighted by atomic mass is 32.1. The van der Waals surface area contributed by atoms with E-state index in [1.54, 1.807) is 0 Å². The van der Waals surface area contributed by atoms with Crippen molar-refractivity contribution in [2.24, 2.45) is 17.8 Å². The van der Waals surface area contributed by atoms with Crippen LogP contribution in [0.5, 0.6) is 0 Å². The molecule has 0 bridgehead atoms. The van der Waals surface area contributed by atoms with Crippen LogP contribution in [0, 0.1) is 17.8 Å². The van der Waals surface area contributed by atoms with Gasteiger partial charge in [0, 0.05) is 29.7 Å². The van der Waals surface area contributed by atoms with Crippen LogP contribution in [-0.4, -0.2) is 30.8 Å². The van der Waals surface area contributed by atoms with Gasteiger partial charge in [-0.25, -0.2) is 4.79 Å². The van der Waals surface area contributed by atoms with Gasteiger partial charge in [-0.2, -0.15) is 0 Å². The molecular formula is C28H41NO4S. The maximum absolute atomic E-state index is 14.1. The van der Waals surface area contributed by atoms with E-state index in [1.807, 2.05) is 4.90 Å². The molecule has 3 saturated carbocycles. The molecule has 0 aliphatic heterocycles. The van der Waals surface area contributed by atoms with Crippen LogP contribution in [0.2, 0.25) is 0 Å². The maximum Gasteiger partial charge on any atom is 0.350 e. The third-order valence-electron chi connectivity index (χ3n) is 8.67. The molecule has 0 spiro atoms. The second-order valence-electron chi connectivity index (χ2n) is 10.9. The lowest BCUT2D eigenvalue weighted by molar-refractivity contribution is -0.124. The molecule has 0 unspecified atom stereocenters. The highest BCUT2D eigenvalue weighted by Gasteiger charge is 2.38. The maximum atomic E-state index is 14.1. The second kappa shape index (κ2) is 11.4. The first-order valence-electron chi connectivity index (χ1n) is 13.5. The average Bonchev–Trinajstić information content (AvgIpc) is 3.29. The topological polar surface area (TPSA) is 63.7 Å². The second-order valence-corrected chi connectivity index (χ2v) is 12.0. The third-order valence-corrected chi connectivity index (χ3v) is 9.94. The van der Waals surface area contributed by atoms with Gasteiger partial charge in [-0.05, 0) is 88.0 Å². The summed E-state index contributed by atoms with van der Waals surface area (Å²) in [6, 6.07) is 2.25. The van der Waals surface area contributed by atoms with Crippen molar-refractivity contribution in [2.75, 3.05) is 12.0 Å². The van der Waals surface area contributed by atoms with Gasteiger partial charge in [0.15, 0.2) is 0 Å². The number of ketones is 1. The number of rotatable bonds is 6. The Kier molecular flexibility index (Phi) is 8.49. The van der Waals surface area contributed by atoms with Crippen LogP contribution in [0.3, 0.4) is 0 Å². The summed E-state index contributed by atoms with van der Waals surface area (Å²) < 4.78 is 5.19. The predicted molar refractivity (Wildman–Crippen MR) is 137 cm³/mol. The molecular weight excluding hydrogens is 446 g/mol. The smallest absolute Gasteiger partial charge is 0.350 e. The van der Waals surface area contributed by atoms with Crippen LogP contribution in [-0.2, 0) is 14.3 Å². The zero-order valence-electron chi connectivity index (χ0n) is 21.1. The average molecular weight is 488 g/mol. The van der Waals surface area contributed by atoms with Gasteiger partial charge < -0.3 is 9.64 Å². The lowest BCUT2D eigenvalue weighted by Gasteiger charge is -2.39. The van der Waals surface area contributed by atoms with Gasteiger partial charge in [-0.3, -0.25) is 9.59 Å². The Morgan fingerprint density at radius 3 is 2.24 bits per heavy atom. The van der Waals surface area contributed by atoms with E-state index in [2.05, 4.69) is 19.9 Å². The number of carbonyl (C=O) groups is 3. The number of ether oxygens (including phenoxy) is 1. The van der Waals surface area contributed by atoms with E-state index in [9.17, 15) is 14.4 Å². The molecule has 1 heterocycles. The van der Waals surface area contributed by atoms with Gasteiger partial charge in [-0.15, -0.1) is 11.3 Å². The lowest BCUT2D eigenvalue weighted by Crippen LogP contribution is -2.46. The molecule has 1 aromatic heterocycles. The fourth-order valence-electron chi connectivity index (χ4n) is 6.25. The van der Waals surface area contributed by atoms with Gasteiger partial charge in [0.25, 0.3) is 0 Å². The molecule has 0 aromatic carbocycles. The van der Waals surface area contributed by atoms with Gasteiger partial charge >= 0.3 is 5.97 Å². The fraction of sp³-hybridized carbons (Fsp3) is 0.750. The van der Waals surface area contributed by atoms with E-state index in [0.29, 0.717) is 29.4 Å². The SMILES string of the molecule is CCC1CCC(N(C(=O)C2CCC(C)CC2)c2cc(C3CCC(=O)CC3)sc2C(=O)OC)CC1. The molecule has 3 aliphatic carbocycles. The molecule has 1 amide bonds. The molecule has 0 N–H and O–H groups in total. The van der Waals surface area contributed by atoms with Gasteiger partial charge in [0.1, 0.15) is 10.7 Å². The highest BCUT2D eigenvalue weighted by Crippen LogP contribution is 2.44. The summed E-state index contributed by atoms with van der Waals surface area (Å²) >= 11 is 1.48. The Hall–Kier alpha value is -1.69. The van der Waals surface area contributed by atoms with Crippen LogP contribution in [0.1, 0.15) is 118 Å². The number of thiophene rings is 1. The van der Waals surface area contributed by atoms with Crippen LogP contribution in [0.4, 0.5) is 5.69 Å². The quantitative estimate of drug-likeness (QED) is 0.410. The van der Waals surface area contributed by atoms with Gasteiger partial charge in [-0.1, -0.05) is 20.3 Å². The first-order valence-corrected chi connectivity index (χ1v) is 14.3. The molecule has 3 aliphatic rings. The van der Waals surface area contributed by atoms with Gasteiger partial charge in [0.2, 0.25) is 5.91 Å². The number of methoxy groups -OCH3 is 1. The Bertz CT molecular complexity index is 867. The zero-order valence-corrected chi connectivity index (χ0v) is 22.0. The van der Waals surface area contributed by atoms with Crippen LogP contribution < -0.4 is 4.90 Å². The van der Waals surface area contributed by atoms with Gasteiger partial charge in [0.05, 0.1) is 12.8 Å². The Labute approximate surface area is 208 Å². The number of hydrogen-bond acceptors (Lipinski definition) is 5. The minimum atomic E-state index is -0.351. The number of hydrogen-bond donors (Lipinski definition) is 0. The number of carbonyl (C=O) groups excluding carboxylic acids is 3. The van der Waals surface area contributed by atoms with Crippen LogP contribution in [0.25, 0.3) is 0 Å². The Morgan fingerprint density at radius 1 is 1.00 bits per heavy atom. The molecule has 1 aromatic rings. The van der Waals surface area contributed by atoms with Crippen molar-refractivity contribution in [3.8, 4) is 0 Å². The molecule has 34 heavy (non-hydrogen) atoms. The number of esters is 1. The summed E-state index contributed by atoms with van der Waals surface area (Å²) in [6.45, 7) is 4.53. The molecule has 0 radical (unpaired) electrons. The molecule has 0 saturated heterocycles. The Balaban J connectivity index is 1.68. The van der Waals surface area contributed by atoms with E-state index in [-0.39, 0.29) is 29.8 Å². The van der Waals surface area contributed by atoms with Crippen molar-refractivity contribution < 1.29 is 19.1 Å². The van der Waals surface area contributed by atoms with Crippen LogP contribution >= 0.6 is 11.3 Å². The monoisotopic (exact) mass is 487 g/mol. The normalized spacial score (nSPS) is 28.5. The summed E-state index contributed by atoms with van der Waals surface area (Å²) in [4.78, 5) is 42.5. The van der Waals surface area contributed by atoms with Crippen LogP contribution in [0.15, 0.2) is 6.07 Å². The molecule has 6 heteroatoms. The summed E-state index contributed by atoms with van der Waals surface area (Å²) in [5, 5.41) is 0. The first-order chi connectivity index (χ1) is 16.4. The molecule has 4 rings (SSSR count). The summed E-state index contributed by atoms with van der Waals surface area (Å²) in [7, 11) is 1.42. The van der Waals surface area contributed by atoms with Crippen molar-refractivity contribution in [3.63, 3.8) is 0 Å². The number of Topliss-reactive ketones (excluding diaryl/α,β-unsaturated/α-hetero) is 1. The van der Waals surface area contributed by atoms with Crippen molar-refractivity contribution >= 4 is 34.7 Å². The van der Waals surface area contributed by atoms with Crippen molar-refractivity contribution in [3.05, 3.63) is 15.8 Å². The zero-order chi connectivity index (χ0) is 24.2. The van der Waals surface area contributed by atoms with E-state index in [0.717, 1.165) is 80.7 Å². The number of nitrogens with zero attached hydrogens (tertiary/aromatic N) is 1. The minimum absolute atomic E-state index is 0.0428. The summed E-state index contributed by atoms with van der Waals surface area (Å²) in [6.07, 6.45) is 12.4. The third kappa shape index (κ3) is 5.58. The molecule has 5 nitrogen and oxygen atoms in total. The molecule has 188 valence electrons. The lowest BCUT2D eigenvalue weighted by atomic mass is 9.80. The Morgan fingerprint density at radius 2 is 1.65 bits per heavy atom. The summed E-state index contributed by atoms with van der Waals surface area (Å²) in [5.74, 6) is 1.93. The van der Waals surface area contributed by atoms with E-state index in [4.69, 9.17) is 4.74 Å². The van der Waals surface area contributed by atoms with E-state index < -0.39 is 0 Å². The molecule has 3 fully saturated rings.